The van der Waals surface area contributed by atoms with Crippen molar-refractivity contribution in [2.75, 3.05) is 25.5 Å². The number of fused-ring (bicyclic) bond motifs is 1. The van der Waals surface area contributed by atoms with Crippen LogP contribution < -0.4 is 20.7 Å². The van der Waals surface area contributed by atoms with Gasteiger partial charge >= 0.3 is 6.03 Å². The van der Waals surface area contributed by atoms with Gasteiger partial charge in [0.2, 0.25) is 5.91 Å². The van der Waals surface area contributed by atoms with Gasteiger partial charge in [-0.1, -0.05) is 6.07 Å². The summed E-state index contributed by atoms with van der Waals surface area (Å²) in [5.74, 6) is 1.35. The molecular formula is C19H22N6O3. The Hall–Kier alpha value is -3.62. The Morgan fingerprint density at radius 1 is 1.04 bits per heavy atom. The quantitative estimate of drug-likeness (QED) is 0.548. The van der Waals surface area contributed by atoms with Gasteiger partial charge in [-0.15, -0.1) is 10.2 Å². The smallest absolute Gasteiger partial charge is 0.319 e. The van der Waals surface area contributed by atoms with Crippen LogP contribution in [0.3, 0.4) is 0 Å². The van der Waals surface area contributed by atoms with E-state index in [1.165, 1.54) is 0 Å². The zero-order valence-electron chi connectivity index (χ0n) is 15.5. The molecule has 3 N–H and O–H groups in total. The lowest BCUT2D eigenvalue weighted by Gasteiger charge is -2.08. The third kappa shape index (κ3) is 5.19. The molecule has 9 nitrogen and oxygen atoms in total. The Balaban J connectivity index is 1.33. The van der Waals surface area contributed by atoms with E-state index in [-0.39, 0.29) is 24.9 Å². The second-order valence-corrected chi connectivity index (χ2v) is 6.00. The minimum Gasteiger partial charge on any atom is -0.497 e. The van der Waals surface area contributed by atoms with Crippen LogP contribution in [0.1, 0.15) is 12.2 Å². The number of hydrogen-bond donors (Lipinski definition) is 3. The molecule has 2 aromatic heterocycles. The van der Waals surface area contributed by atoms with E-state index in [2.05, 4.69) is 26.1 Å². The monoisotopic (exact) mass is 382 g/mol. The molecule has 1 aromatic carbocycles. The number of carbonyl (C=O) groups is 2. The second kappa shape index (κ2) is 9.36. The van der Waals surface area contributed by atoms with Crippen molar-refractivity contribution in [3.05, 3.63) is 54.5 Å². The van der Waals surface area contributed by atoms with E-state index in [0.29, 0.717) is 24.4 Å². The Morgan fingerprint density at radius 2 is 1.86 bits per heavy atom. The lowest BCUT2D eigenvalue weighted by molar-refractivity contribution is -0.120. The molecule has 2 heterocycles. The molecule has 28 heavy (non-hydrogen) atoms. The first-order valence-corrected chi connectivity index (χ1v) is 8.90. The van der Waals surface area contributed by atoms with Crippen molar-refractivity contribution in [2.24, 2.45) is 0 Å². The van der Waals surface area contributed by atoms with Gasteiger partial charge in [-0.25, -0.2) is 4.79 Å². The topological polar surface area (TPSA) is 110 Å². The molecule has 0 aliphatic rings. The van der Waals surface area contributed by atoms with Gasteiger partial charge in [0.05, 0.1) is 7.11 Å². The number of amides is 3. The average molecular weight is 382 g/mol. The summed E-state index contributed by atoms with van der Waals surface area (Å²) < 4.78 is 6.95. The van der Waals surface area contributed by atoms with Crippen molar-refractivity contribution in [1.29, 1.82) is 0 Å². The number of nitrogens with zero attached hydrogens (tertiary/aromatic N) is 3. The number of urea groups is 1. The molecule has 0 fully saturated rings. The van der Waals surface area contributed by atoms with E-state index in [4.69, 9.17) is 4.74 Å². The van der Waals surface area contributed by atoms with Gasteiger partial charge in [0.1, 0.15) is 11.6 Å². The predicted octanol–water partition coefficient (Wildman–Crippen LogP) is 1.61. The SMILES string of the molecule is COc1ccc(NC(=O)NCCC(=O)NCCc2nnc3ccccn23)cc1. The number of rotatable bonds is 8. The third-order valence-electron chi connectivity index (χ3n) is 4.04. The van der Waals surface area contributed by atoms with Gasteiger partial charge < -0.3 is 20.7 Å². The van der Waals surface area contributed by atoms with Crippen LogP contribution in [0.25, 0.3) is 5.65 Å². The van der Waals surface area contributed by atoms with Crippen molar-refractivity contribution < 1.29 is 14.3 Å². The number of carbonyl (C=O) groups excluding carboxylic acids is 2. The van der Waals surface area contributed by atoms with Crippen LogP contribution in [0.4, 0.5) is 10.5 Å². The molecule has 0 atom stereocenters. The van der Waals surface area contributed by atoms with Gasteiger partial charge in [-0.05, 0) is 36.4 Å². The Morgan fingerprint density at radius 3 is 2.64 bits per heavy atom. The fourth-order valence-electron chi connectivity index (χ4n) is 2.60. The van der Waals surface area contributed by atoms with Gasteiger partial charge in [0, 0.05) is 37.8 Å². The molecular weight excluding hydrogens is 360 g/mol. The third-order valence-corrected chi connectivity index (χ3v) is 4.04. The summed E-state index contributed by atoms with van der Waals surface area (Å²) in [7, 11) is 1.58. The highest BCUT2D eigenvalue weighted by atomic mass is 16.5. The van der Waals surface area contributed by atoms with E-state index in [1.54, 1.807) is 31.4 Å². The van der Waals surface area contributed by atoms with Crippen molar-refractivity contribution >= 4 is 23.3 Å². The molecule has 9 heteroatoms. The van der Waals surface area contributed by atoms with Crippen LogP contribution in [0.15, 0.2) is 48.7 Å². The number of aromatic nitrogens is 3. The maximum Gasteiger partial charge on any atom is 0.319 e. The Bertz CT molecular complexity index is 938. The van der Waals surface area contributed by atoms with Crippen LogP contribution in [-0.2, 0) is 11.2 Å². The average Bonchev–Trinajstić information content (AvgIpc) is 3.12. The van der Waals surface area contributed by atoms with Gasteiger partial charge in [-0.3, -0.25) is 9.20 Å². The molecule has 3 aromatic rings. The number of hydrogen-bond acceptors (Lipinski definition) is 5. The highest BCUT2D eigenvalue weighted by Crippen LogP contribution is 2.14. The van der Waals surface area contributed by atoms with E-state index >= 15 is 0 Å². The molecule has 0 spiro atoms. The number of methoxy groups -OCH3 is 1. The van der Waals surface area contributed by atoms with E-state index in [0.717, 1.165) is 11.5 Å². The Kier molecular flexibility index (Phi) is 6.40. The maximum absolute atomic E-state index is 11.9. The summed E-state index contributed by atoms with van der Waals surface area (Å²) in [4.78, 5) is 23.7. The first-order chi connectivity index (χ1) is 13.7. The summed E-state index contributed by atoms with van der Waals surface area (Å²) in [6.07, 6.45) is 2.65. The van der Waals surface area contributed by atoms with Crippen LogP contribution >= 0.6 is 0 Å². The molecule has 3 amide bonds. The van der Waals surface area contributed by atoms with Crippen molar-refractivity contribution in [3.63, 3.8) is 0 Å². The summed E-state index contributed by atoms with van der Waals surface area (Å²) in [6.45, 7) is 0.689. The van der Waals surface area contributed by atoms with Crippen molar-refractivity contribution in [1.82, 2.24) is 25.2 Å². The lowest BCUT2D eigenvalue weighted by Crippen LogP contribution is -2.34. The van der Waals surface area contributed by atoms with Crippen LogP contribution in [0.2, 0.25) is 0 Å². The molecule has 0 radical (unpaired) electrons. The Labute approximate surface area is 162 Å². The van der Waals surface area contributed by atoms with Crippen LogP contribution in [0, 0.1) is 0 Å². The molecule has 3 rings (SSSR count). The molecule has 0 aliphatic heterocycles. The number of nitrogens with one attached hydrogen (secondary N) is 3. The maximum atomic E-state index is 11.9. The first kappa shape index (κ1) is 19.2. The largest absolute Gasteiger partial charge is 0.497 e. The molecule has 0 bridgehead atoms. The van der Waals surface area contributed by atoms with Gasteiger partial charge in [-0.2, -0.15) is 0 Å². The fraction of sp³-hybridized carbons (Fsp3) is 0.263. The van der Waals surface area contributed by atoms with Gasteiger partial charge in [0.15, 0.2) is 5.65 Å². The molecule has 0 saturated carbocycles. The standard InChI is InChI=1S/C19H22N6O3/c1-28-15-7-5-14(6-8-15)22-19(27)21-12-10-18(26)20-11-9-17-24-23-16-4-2-3-13-25(16)17/h2-8,13H,9-12H2,1H3,(H,20,26)(H2,21,22,27). The summed E-state index contributed by atoms with van der Waals surface area (Å²) in [5, 5.41) is 16.3. The first-order valence-electron chi connectivity index (χ1n) is 8.90. The van der Waals surface area contributed by atoms with Crippen LogP contribution in [-0.4, -0.2) is 46.7 Å². The number of ether oxygens (including phenoxy) is 1. The van der Waals surface area contributed by atoms with Crippen molar-refractivity contribution in [2.45, 2.75) is 12.8 Å². The number of anilines is 1. The van der Waals surface area contributed by atoms with Crippen LogP contribution in [0.5, 0.6) is 5.75 Å². The number of pyridine rings is 1. The minimum atomic E-state index is -0.368. The fourth-order valence-corrected chi connectivity index (χ4v) is 2.60. The van der Waals surface area contributed by atoms with E-state index < -0.39 is 0 Å². The molecule has 0 saturated heterocycles. The normalized spacial score (nSPS) is 10.5. The molecule has 0 aliphatic carbocycles. The van der Waals surface area contributed by atoms with E-state index in [1.807, 2.05) is 28.8 Å². The zero-order chi connectivity index (χ0) is 19.8. The molecule has 146 valence electrons. The number of benzene rings is 1. The summed E-state index contributed by atoms with van der Waals surface area (Å²) in [6, 6.07) is 12.3. The lowest BCUT2D eigenvalue weighted by atomic mass is 10.3. The summed E-state index contributed by atoms with van der Waals surface area (Å²) >= 11 is 0. The second-order valence-electron chi connectivity index (χ2n) is 6.00. The van der Waals surface area contributed by atoms with E-state index in [9.17, 15) is 9.59 Å². The predicted molar refractivity (Wildman–Crippen MR) is 104 cm³/mol. The highest BCUT2D eigenvalue weighted by Gasteiger charge is 2.07. The zero-order valence-corrected chi connectivity index (χ0v) is 15.5. The minimum absolute atomic E-state index is 0.140. The van der Waals surface area contributed by atoms with Gasteiger partial charge in [0.25, 0.3) is 0 Å². The highest BCUT2D eigenvalue weighted by molar-refractivity contribution is 5.89. The summed E-state index contributed by atoms with van der Waals surface area (Å²) in [5.41, 5.74) is 1.42. The molecule has 0 unspecified atom stereocenters. The van der Waals surface area contributed by atoms with Crippen molar-refractivity contribution in [3.8, 4) is 5.75 Å².